The van der Waals surface area contributed by atoms with Gasteiger partial charge in [-0.1, -0.05) is 54.4 Å². The van der Waals surface area contributed by atoms with Crippen LogP contribution in [0.5, 0.6) is 0 Å². The van der Waals surface area contributed by atoms with Crippen molar-refractivity contribution in [2.24, 2.45) is 5.73 Å². The van der Waals surface area contributed by atoms with Crippen molar-refractivity contribution in [3.63, 3.8) is 0 Å². The van der Waals surface area contributed by atoms with Gasteiger partial charge in [-0.25, -0.2) is 0 Å². The highest BCUT2D eigenvalue weighted by Crippen LogP contribution is 2.29. The lowest BCUT2D eigenvalue weighted by Crippen LogP contribution is -2.23. The van der Waals surface area contributed by atoms with Gasteiger partial charge in [0.2, 0.25) is 0 Å². The van der Waals surface area contributed by atoms with E-state index in [0.29, 0.717) is 25.2 Å². The van der Waals surface area contributed by atoms with E-state index in [0.717, 1.165) is 38.5 Å². The van der Waals surface area contributed by atoms with Crippen molar-refractivity contribution < 1.29 is 9.84 Å². The van der Waals surface area contributed by atoms with Crippen LogP contribution >= 0.6 is 0 Å². The molecule has 3 nitrogen and oxygen atoms in total. The van der Waals surface area contributed by atoms with Crippen molar-refractivity contribution in [1.29, 1.82) is 0 Å². The standard InChI is InChI=1S/C24H33NO2/c1-18-5-4-6-19(13-18)17-27-24-11-10-20-14-21(8-9-22(20)15-24)23(16-25)7-2-3-12-26/h4-6,8-9,13-14,23-24,26H,2-3,7,10-12,15-17,25H2,1H3/t23-,24+/m0/s1. The number of aryl methyl sites for hydroxylation is 2. The molecule has 0 amide bonds. The number of aliphatic hydroxyl groups excluding tert-OH is 1. The summed E-state index contributed by atoms with van der Waals surface area (Å²) in [6.45, 7) is 3.76. The van der Waals surface area contributed by atoms with Crippen LogP contribution in [-0.4, -0.2) is 24.4 Å². The zero-order valence-corrected chi connectivity index (χ0v) is 16.5. The van der Waals surface area contributed by atoms with Gasteiger partial charge in [0.05, 0.1) is 12.7 Å². The fourth-order valence-electron chi connectivity index (χ4n) is 4.08. The Balaban J connectivity index is 1.58. The summed E-state index contributed by atoms with van der Waals surface area (Å²) in [5.74, 6) is 0.400. The van der Waals surface area contributed by atoms with Gasteiger partial charge in [-0.15, -0.1) is 0 Å². The molecule has 1 aliphatic carbocycles. The molecule has 2 aromatic rings. The summed E-state index contributed by atoms with van der Waals surface area (Å²) in [6, 6.07) is 15.4. The van der Waals surface area contributed by atoms with Gasteiger partial charge in [-0.3, -0.25) is 0 Å². The smallest absolute Gasteiger partial charge is 0.0720 e. The van der Waals surface area contributed by atoms with Crippen molar-refractivity contribution >= 4 is 0 Å². The predicted octanol–water partition coefficient (Wildman–Crippen LogP) is 4.27. The molecule has 2 aromatic carbocycles. The van der Waals surface area contributed by atoms with E-state index in [-0.39, 0.29) is 6.61 Å². The molecule has 3 heteroatoms. The Bertz CT molecular complexity index is 728. The van der Waals surface area contributed by atoms with Crippen molar-refractivity contribution in [3.05, 3.63) is 70.3 Å². The van der Waals surface area contributed by atoms with E-state index in [9.17, 15) is 0 Å². The molecule has 1 aliphatic rings. The normalized spacial score (nSPS) is 17.5. The summed E-state index contributed by atoms with van der Waals surface area (Å²) in [4.78, 5) is 0. The third kappa shape index (κ3) is 5.65. The van der Waals surface area contributed by atoms with Gasteiger partial charge in [0.15, 0.2) is 0 Å². The second-order valence-corrected chi connectivity index (χ2v) is 7.85. The lowest BCUT2D eigenvalue weighted by atomic mass is 9.85. The number of benzene rings is 2. The zero-order valence-electron chi connectivity index (χ0n) is 16.5. The van der Waals surface area contributed by atoms with E-state index < -0.39 is 0 Å². The summed E-state index contributed by atoms with van der Waals surface area (Å²) in [6.07, 6.45) is 6.41. The number of ether oxygens (including phenoxy) is 1. The molecule has 0 aliphatic heterocycles. The van der Waals surface area contributed by atoms with Crippen LogP contribution in [0.2, 0.25) is 0 Å². The highest BCUT2D eigenvalue weighted by Gasteiger charge is 2.21. The minimum atomic E-state index is 0.269. The van der Waals surface area contributed by atoms with Crippen LogP contribution in [0.3, 0.4) is 0 Å². The van der Waals surface area contributed by atoms with E-state index in [1.807, 2.05) is 0 Å². The maximum Gasteiger partial charge on any atom is 0.0720 e. The number of fused-ring (bicyclic) bond motifs is 1. The SMILES string of the molecule is Cc1cccc(CO[C@@H]2CCc3cc([C@H](CN)CCCCO)ccc3C2)c1. The molecule has 0 saturated heterocycles. The fourth-order valence-corrected chi connectivity index (χ4v) is 4.08. The first-order valence-electron chi connectivity index (χ1n) is 10.3. The minimum Gasteiger partial charge on any atom is -0.396 e. The Hall–Kier alpha value is -1.68. The molecule has 0 saturated carbocycles. The topological polar surface area (TPSA) is 55.5 Å². The first kappa shape index (κ1) is 20.1. The van der Waals surface area contributed by atoms with Crippen molar-refractivity contribution in [1.82, 2.24) is 0 Å². The summed E-state index contributed by atoms with van der Waals surface area (Å²) in [5, 5.41) is 8.99. The van der Waals surface area contributed by atoms with Crippen LogP contribution in [0.4, 0.5) is 0 Å². The van der Waals surface area contributed by atoms with Gasteiger partial charge in [0, 0.05) is 6.61 Å². The van der Waals surface area contributed by atoms with Crippen LogP contribution in [0.25, 0.3) is 0 Å². The van der Waals surface area contributed by atoms with Crippen LogP contribution in [0.15, 0.2) is 42.5 Å². The number of rotatable bonds is 9. The molecule has 2 atom stereocenters. The molecular formula is C24H33NO2. The zero-order chi connectivity index (χ0) is 19.1. The van der Waals surface area contributed by atoms with Gasteiger partial charge >= 0.3 is 0 Å². The van der Waals surface area contributed by atoms with Crippen LogP contribution in [0, 0.1) is 6.92 Å². The molecule has 146 valence electrons. The van der Waals surface area contributed by atoms with E-state index >= 15 is 0 Å². The number of aliphatic hydroxyl groups is 1. The summed E-state index contributed by atoms with van der Waals surface area (Å²) >= 11 is 0. The van der Waals surface area contributed by atoms with Crippen molar-refractivity contribution in [2.75, 3.05) is 13.2 Å². The first-order valence-corrected chi connectivity index (χ1v) is 10.3. The molecule has 27 heavy (non-hydrogen) atoms. The minimum absolute atomic E-state index is 0.269. The van der Waals surface area contributed by atoms with Gasteiger partial charge in [-0.2, -0.15) is 0 Å². The van der Waals surface area contributed by atoms with Crippen molar-refractivity contribution in [3.8, 4) is 0 Å². The molecular weight excluding hydrogens is 334 g/mol. The third-order valence-electron chi connectivity index (χ3n) is 5.70. The average molecular weight is 368 g/mol. The second-order valence-electron chi connectivity index (χ2n) is 7.85. The quantitative estimate of drug-likeness (QED) is 0.651. The average Bonchev–Trinajstić information content (AvgIpc) is 2.69. The lowest BCUT2D eigenvalue weighted by molar-refractivity contribution is 0.0319. The number of hydrogen-bond acceptors (Lipinski definition) is 3. The number of nitrogens with two attached hydrogens (primary N) is 1. The molecule has 0 spiro atoms. The van der Waals surface area contributed by atoms with E-state index in [4.69, 9.17) is 15.6 Å². The summed E-state index contributed by atoms with van der Waals surface area (Å²) < 4.78 is 6.20. The molecule has 0 radical (unpaired) electrons. The third-order valence-corrected chi connectivity index (χ3v) is 5.70. The Morgan fingerprint density at radius 1 is 1.15 bits per heavy atom. The maximum atomic E-state index is 8.99. The molecule has 0 heterocycles. The Kier molecular flexibility index (Phi) is 7.45. The Morgan fingerprint density at radius 3 is 2.81 bits per heavy atom. The molecule has 3 rings (SSSR count). The van der Waals surface area contributed by atoms with Gasteiger partial charge < -0.3 is 15.6 Å². The van der Waals surface area contributed by atoms with Crippen molar-refractivity contribution in [2.45, 2.75) is 64.1 Å². The van der Waals surface area contributed by atoms with Crippen LogP contribution in [-0.2, 0) is 24.2 Å². The Labute approximate surface area is 163 Å². The van der Waals surface area contributed by atoms with Crippen LogP contribution < -0.4 is 5.73 Å². The molecule has 0 aromatic heterocycles. The molecule has 0 unspecified atom stereocenters. The predicted molar refractivity (Wildman–Crippen MR) is 111 cm³/mol. The fraction of sp³-hybridized carbons (Fsp3) is 0.500. The second kappa shape index (κ2) is 10.0. The van der Waals surface area contributed by atoms with E-state index in [2.05, 4.69) is 49.4 Å². The van der Waals surface area contributed by atoms with Gasteiger partial charge in [0.25, 0.3) is 0 Å². The highest BCUT2D eigenvalue weighted by molar-refractivity contribution is 5.36. The number of unbranched alkanes of at least 4 members (excludes halogenated alkanes) is 1. The highest BCUT2D eigenvalue weighted by atomic mass is 16.5. The lowest BCUT2D eigenvalue weighted by Gasteiger charge is -2.26. The number of hydrogen-bond donors (Lipinski definition) is 2. The summed E-state index contributed by atoms with van der Waals surface area (Å²) in [7, 11) is 0. The van der Waals surface area contributed by atoms with Gasteiger partial charge in [0.1, 0.15) is 0 Å². The molecule has 0 fully saturated rings. The molecule has 3 N–H and O–H groups in total. The van der Waals surface area contributed by atoms with E-state index in [1.54, 1.807) is 0 Å². The monoisotopic (exact) mass is 367 g/mol. The van der Waals surface area contributed by atoms with Crippen LogP contribution in [0.1, 0.15) is 59.4 Å². The maximum absolute atomic E-state index is 8.99. The Morgan fingerprint density at radius 2 is 2.04 bits per heavy atom. The molecule has 0 bridgehead atoms. The van der Waals surface area contributed by atoms with E-state index in [1.165, 1.54) is 27.8 Å². The summed E-state index contributed by atoms with van der Waals surface area (Å²) in [5.41, 5.74) is 12.8. The largest absolute Gasteiger partial charge is 0.396 e. The first-order chi connectivity index (χ1) is 13.2. The van der Waals surface area contributed by atoms with Gasteiger partial charge in [-0.05, 0) is 73.7 Å².